The Labute approximate surface area is 120 Å². The maximum absolute atomic E-state index is 4.56. The van der Waals surface area contributed by atoms with E-state index in [-0.39, 0.29) is 0 Å². The largest absolute Gasteiger partial charge is 0.370 e. The quantitative estimate of drug-likeness (QED) is 0.875. The molecule has 0 spiro atoms. The number of nitrogens with zero attached hydrogens (tertiary/aromatic N) is 3. The minimum absolute atomic E-state index is 0.796. The Morgan fingerprint density at radius 1 is 1.10 bits per heavy atom. The molecule has 4 nitrogen and oxygen atoms in total. The Morgan fingerprint density at radius 3 is 2.50 bits per heavy atom. The minimum atomic E-state index is 0.796. The lowest BCUT2D eigenvalue weighted by atomic mass is 10.2. The van der Waals surface area contributed by atoms with Crippen LogP contribution in [-0.2, 0) is 6.54 Å². The van der Waals surface area contributed by atoms with Crippen LogP contribution < -0.4 is 10.2 Å². The molecule has 1 aromatic heterocycles. The molecular weight excluding hydrogens is 248 g/mol. The van der Waals surface area contributed by atoms with Crippen molar-refractivity contribution in [1.29, 1.82) is 0 Å². The molecule has 0 atom stereocenters. The highest BCUT2D eigenvalue weighted by Gasteiger charge is 2.09. The molecule has 2 aromatic rings. The molecular formula is C16H22N4. The summed E-state index contributed by atoms with van der Waals surface area (Å²) in [6.07, 6.45) is 0. The normalized spacial score (nSPS) is 10.3. The summed E-state index contributed by atoms with van der Waals surface area (Å²) in [6, 6.07) is 12.5. The van der Waals surface area contributed by atoms with Gasteiger partial charge in [-0.25, -0.2) is 9.97 Å². The monoisotopic (exact) mass is 270 g/mol. The minimum Gasteiger partial charge on any atom is -0.370 e. The molecule has 0 aliphatic heterocycles. The van der Waals surface area contributed by atoms with Gasteiger partial charge in [0.2, 0.25) is 0 Å². The predicted octanol–water partition coefficient (Wildman–Crippen LogP) is 3.24. The Balaban J connectivity index is 2.22. The van der Waals surface area contributed by atoms with E-state index in [0.717, 1.165) is 37.1 Å². The van der Waals surface area contributed by atoms with E-state index in [0.29, 0.717) is 0 Å². The standard InChI is InChI=1S/C16H22N4/c1-4-17-15-11-16(19-13(3)18-15)20(5-2)12-14-9-7-6-8-10-14/h6-11H,4-5,12H2,1-3H3,(H,17,18,19). The van der Waals surface area contributed by atoms with Crippen molar-refractivity contribution in [1.82, 2.24) is 9.97 Å². The fraction of sp³-hybridized carbons (Fsp3) is 0.375. The molecule has 0 radical (unpaired) electrons. The van der Waals surface area contributed by atoms with E-state index in [1.807, 2.05) is 19.1 Å². The van der Waals surface area contributed by atoms with Gasteiger partial charge in [0, 0.05) is 25.7 Å². The fourth-order valence-electron chi connectivity index (χ4n) is 2.14. The lowest BCUT2D eigenvalue weighted by Crippen LogP contribution is -2.23. The lowest BCUT2D eigenvalue weighted by Gasteiger charge is -2.23. The van der Waals surface area contributed by atoms with Crippen molar-refractivity contribution >= 4 is 11.6 Å². The Hall–Kier alpha value is -2.10. The maximum Gasteiger partial charge on any atom is 0.134 e. The molecule has 106 valence electrons. The molecule has 2 rings (SSSR count). The van der Waals surface area contributed by atoms with Crippen molar-refractivity contribution < 1.29 is 0 Å². The number of anilines is 2. The molecule has 20 heavy (non-hydrogen) atoms. The molecule has 0 bridgehead atoms. The van der Waals surface area contributed by atoms with Gasteiger partial charge in [-0.2, -0.15) is 0 Å². The molecule has 0 saturated carbocycles. The average molecular weight is 270 g/mol. The highest BCUT2D eigenvalue weighted by Crippen LogP contribution is 2.18. The second kappa shape index (κ2) is 6.89. The predicted molar refractivity (Wildman–Crippen MR) is 84.1 cm³/mol. The van der Waals surface area contributed by atoms with Gasteiger partial charge < -0.3 is 10.2 Å². The van der Waals surface area contributed by atoms with Crippen LogP contribution in [0.15, 0.2) is 36.4 Å². The first kappa shape index (κ1) is 14.3. The zero-order valence-corrected chi connectivity index (χ0v) is 12.4. The summed E-state index contributed by atoms with van der Waals surface area (Å²) in [7, 11) is 0. The van der Waals surface area contributed by atoms with E-state index in [2.05, 4.69) is 58.3 Å². The molecule has 1 N–H and O–H groups in total. The summed E-state index contributed by atoms with van der Waals surface area (Å²) in [5.41, 5.74) is 1.29. The van der Waals surface area contributed by atoms with Gasteiger partial charge in [0.1, 0.15) is 17.5 Å². The van der Waals surface area contributed by atoms with Crippen LogP contribution >= 0.6 is 0 Å². The van der Waals surface area contributed by atoms with Gasteiger partial charge in [0.15, 0.2) is 0 Å². The number of aromatic nitrogens is 2. The number of hydrogen-bond donors (Lipinski definition) is 1. The number of benzene rings is 1. The second-order valence-corrected chi connectivity index (χ2v) is 4.69. The molecule has 0 fully saturated rings. The van der Waals surface area contributed by atoms with Crippen LogP contribution in [0.5, 0.6) is 0 Å². The van der Waals surface area contributed by atoms with Gasteiger partial charge in [-0.1, -0.05) is 30.3 Å². The lowest BCUT2D eigenvalue weighted by molar-refractivity contribution is 0.804. The molecule has 0 unspecified atom stereocenters. The zero-order valence-electron chi connectivity index (χ0n) is 12.4. The summed E-state index contributed by atoms with van der Waals surface area (Å²) >= 11 is 0. The van der Waals surface area contributed by atoms with E-state index < -0.39 is 0 Å². The first-order valence-electron chi connectivity index (χ1n) is 7.11. The van der Waals surface area contributed by atoms with Crippen LogP contribution in [0.2, 0.25) is 0 Å². The maximum atomic E-state index is 4.56. The van der Waals surface area contributed by atoms with Gasteiger partial charge in [-0.15, -0.1) is 0 Å². The van der Waals surface area contributed by atoms with Gasteiger partial charge in [0.05, 0.1) is 0 Å². The highest BCUT2D eigenvalue weighted by molar-refractivity contribution is 5.49. The summed E-state index contributed by atoms with van der Waals surface area (Å²) < 4.78 is 0. The van der Waals surface area contributed by atoms with Crippen molar-refractivity contribution in [3.8, 4) is 0 Å². The Morgan fingerprint density at radius 2 is 1.85 bits per heavy atom. The van der Waals surface area contributed by atoms with Crippen LogP contribution in [0.3, 0.4) is 0 Å². The molecule has 1 aromatic carbocycles. The van der Waals surface area contributed by atoms with Crippen LogP contribution in [-0.4, -0.2) is 23.1 Å². The Kier molecular flexibility index (Phi) is 4.93. The second-order valence-electron chi connectivity index (χ2n) is 4.69. The van der Waals surface area contributed by atoms with Gasteiger partial charge in [-0.3, -0.25) is 0 Å². The smallest absolute Gasteiger partial charge is 0.134 e. The van der Waals surface area contributed by atoms with E-state index in [1.165, 1.54) is 5.56 Å². The Bertz CT molecular complexity index is 539. The topological polar surface area (TPSA) is 41.0 Å². The number of rotatable bonds is 6. The third kappa shape index (κ3) is 3.70. The van der Waals surface area contributed by atoms with Crippen molar-refractivity contribution in [3.05, 3.63) is 47.8 Å². The first-order valence-corrected chi connectivity index (χ1v) is 7.11. The highest BCUT2D eigenvalue weighted by atomic mass is 15.2. The molecule has 4 heteroatoms. The van der Waals surface area contributed by atoms with Crippen LogP contribution in [0.4, 0.5) is 11.6 Å². The van der Waals surface area contributed by atoms with Gasteiger partial charge in [-0.05, 0) is 26.3 Å². The first-order chi connectivity index (χ1) is 9.72. The molecule has 0 aliphatic carbocycles. The number of hydrogen-bond acceptors (Lipinski definition) is 4. The van der Waals surface area contributed by atoms with E-state index >= 15 is 0 Å². The molecule has 1 heterocycles. The van der Waals surface area contributed by atoms with Crippen molar-refractivity contribution in [2.75, 3.05) is 23.3 Å². The summed E-state index contributed by atoms with van der Waals surface area (Å²) in [6.45, 7) is 8.78. The van der Waals surface area contributed by atoms with Gasteiger partial charge >= 0.3 is 0 Å². The van der Waals surface area contributed by atoms with Crippen LogP contribution in [0.1, 0.15) is 25.2 Å². The van der Waals surface area contributed by atoms with Crippen molar-refractivity contribution in [2.45, 2.75) is 27.3 Å². The van der Waals surface area contributed by atoms with Crippen LogP contribution in [0.25, 0.3) is 0 Å². The molecule has 0 amide bonds. The number of nitrogens with one attached hydrogen (secondary N) is 1. The molecule has 0 aliphatic rings. The van der Waals surface area contributed by atoms with Crippen molar-refractivity contribution in [2.24, 2.45) is 0 Å². The van der Waals surface area contributed by atoms with E-state index in [1.54, 1.807) is 0 Å². The van der Waals surface area contributed by atoms with Gasteiger partial charge in [0.25, 0.3) is 0 Å². The molecule has 0 saturated heterocycles. The summed E-state index contributed by atoms with van der Waals surface area (Å²) in [4.78, 5) is 11.2. The third-order valence-electron chi connectivity index (χ3n) is 3.10. The summed E-state index contributed by atoms with van der Waals surface area (Å²) in [5.74, 6) is 2.66. The van der Waals surface area contributed by atoms with E-state index in [4.69, 9.17) is 0 Å². The van der Waals surface area contributed by atoms with Crippen LogP contribution in [0, 0.1) is 6.92 Å². The zero-order chi connectivity index (χ0) is 14.4. The van der Waals surface area contributed by atoms with Crippen molar-refractivity contribution in [3.63, 3.8) is 0 Å². The number of aryl methyl sites for hydroxylation is 1. The third-order valence-corrected chi connectivity index (χ3v) is 3.10. The summed E-state index contributed by atoms with van der Waals surface area (Å²) in [5, 5.41) is 3.25. The fourth-order valence-corrected chi connectivity index (χ4v) is 2.14. The van der Waals surface area contributed by atoms with E-state index in [9.17, 15) is 0 Å². The SMILES string of the molecule is CCNc1cc(N(CC)Cc2ccccc2)nc(C)n1. The average Bonchev–Trinajstić information content (AvgIpc) is 2.45.